The number of rotatable bonds is 5. The summed E-state index contributed by atoms with van der Waals surface area (Å²) >= 11 is 0. The van der Waals surface area contributed by atoms with Gasteiger partial charge in [-0.2, -0.15) is 0 Å². The fraction of sp³-hybridized carbons (Fsp3) is 0.273. The molecule has 0 spiro atoms. The molecule has 0 heterocycles. The summed E-state index contributed by atoms with van der Waals surface area (Å²) in [6.07, 6.45) is 10.2. The Labute approximate surface area is 143 Å². The smallest absolute Gasteiger partial charge is 0.150 e. The average Bonchev–Trinajstić information content (AvgIpc) is 2.67. The number of carbonyl (C=O) groups excluding carboxylic acids is 2. The minimum atomic E-state index is 0.508. The Morgan fingerprint density at radius 1 is 0.750 bits per heavy atom. The van der Waals surface area contributed by atoms with Crippen LogP contribution in [-0.2, 0) is 0 Å². The topological polar surface area (TPSA) is 34.1 Å². The maximum Gasteiger partial charge on any atom is 0.150 e. The van der Waals surface area contributed by atoms with Crippen LogP contribution in [0, 0.1) is 5.92 Å². The van der Waals surface area contributed by atoms with Crippen LogP contribution in [0.2, 0.25) is 0 Å². The third-order valence-corrected chi connectivity index (χ3v) is 4.81. The standard InChI is InChI=1S/C22H22O2/c23-15-18-10-4-6-12-20(18)22(14-17-8-2-1-3-9-17)21-13-7-5-11-19(21)16-24/h4-7,10-17H,1-3,8-9H2. The van der Waals surface area contributed by atoms with Gasteiger partial charge >= 0.3 is 0 Å². The Morgan fingerprint density at radius 2 is 1.25 bits per heavy atom. The highest BCUT2D eigenvalue weighted by Crippen LogP contribution is 2.33. The van der Waals surface area contributed by atoms with Crippen molar-refractivity contribution in [3.05, 3.63) is 76.9 Å². The first-order valence-electron chi connectivity index (χ1n) is 8.64. The van der Waals surface area contributed by atoms with Crippen LogP contribution in [0.3, 0.4) is 0 Å². The molecule has 122 valence electrons. The summed E-state index contributed by atoms with van der Waals surface area (Å²) in [5.41, 5.74) is 4.16. The van der Waals surface area contributed by atoms with Gasteiger partial charge < -0.3 is 0 Å². The Kier molecular flexibility index (Phi) is 5.37. The molecule has 0 N–H and O–H groups in total. The van der Waals surface area contributed by atoms with E-state index in [1.165, 1.54) is 32.1 Å². The summed E-state index contributed by atoms with van der Waals surface area (Å²) in [4.78, 5) is 23.0. The molecule has 0 aliphatic heterocycles. The van der Waals surface area contributed by atoms with Crippen LogP contribution in [0.4, 0.5) is 0 Å². The van der Waals surface area contributed by atoms with Gasteiger partial charge in [-0.1, -0.05) is 73.9 Å². The van der Waals surface area contributed by atoms with Gasteiger partial charge in [0.05, 0.1) is 0 Å². The van der Waals surface area contributed by atoms with Crippen molar-refractivity contribution in [3.8, 4) is 0 Å². The predicted molar refractivity (Wildman–Crippen MR) is 97.3 cm³/mol. The molecule has 0 amide bonds. The Bertz CT molecular complexity index is 699. The highest BCUT2D eigenvalue weighted by Gasteiger charge is 2.17. The molecule has 1 fully saturated rings. The molecule has 0 atom stereocenters. The van der Waals surface area contributed by atoms with Gasteiger partial charge in [0.15, 0.2) is 12.6 Å². The third kappa shape index (κ3) is 3.53. The molecule has 0 bridgehead atoms. The molecule has 0 saturated heterocycles. The first-order valence-corrected chi connectivity index (χ1v) is 8.64. The van der Waals surface area contributed by atoms with Crippen molar-refractivity contribution in [2.24, 2.45) is 5.92 Å². The zero-order chi connectivity index (χ0) is 16.8. The van der Waals surface area contributed by atoms with Gasteiger partial charge in [0.1, 0.15) is 0 Å². The van der Waals surface area contributed by atoms with Crippen LogP contribution < -0.4 is 0 Å². The highest BCUT2D eigenvalue weighted by molar-refractivity contribution is 5.95. The molecule has 1 aliphatic rings. The second-order valence-electron chi connectivity index (χ2n) is 6.39. The zero-order valence-electron chi connectivity index (χ0n) is 13.8. The van der Waals surface area contributed by atoms with E-state index in [0.717, 1.165) is 29.3 Å². The van der Waals surface area contributed by atoms with Crippen molar-refractivity contribution in [1.82, 2.24) is 0 Å². The number of hydrogen-bond donors (Lipinski definition) is 0. The summed E-state index contributed by atoms with van der Waals surface area (Å²) in [7, 11) is 0. The molecule has 2 nitrogen and oxygen atoms in total. The molecule has 0 unspecified atom stereocenters. The fourth-order valence-corrected chi connectivity index (χ4v) is 3.55. The monoisotopic (exact) mass is 318 g/mol. The number of benzene rings is 2. The first kappa shape index (κ1) is 16.4. The lowest BCUT2D eigenvalue weighted by molar-refractivity contribution is 0.111. The van der Waals surface area contributed by atoms with Gasteiger partial charge in [-0.25, -0.2) is 0 Å². The van der Waals surface area contributed by atoms with Crippen LogP contribution >= 0.6 is 0 Å². The van der Waals surface area contributed by atoms with Gasteiger partial charge in [0.25, 0.3) is 0 Å². The number of carbonyl (C=O) groups is 2. The second-order valence-corrected chi connectivity index (χ2v) is 6.39. The number of aldehydes is 2. The zero-order valence-corrected chi connectivity index (χ0v) is 13.8. The summed E-state index contributed by atoms with van der Waals surface area (Å²) < 4.78 is 0. The predicted octanol–water partition coefficient (Wildman–Crippen LogP) is 5.32. The highest BCUT2D eigenvalue weighted by atomic mass is 16.1. The molecule has 0 radical (unpaired) electrons. The molecular formula is C22H22O2. The summed E-state index contributed by atoms with van der Waals surface area (Å²) in [5, 5.41) is 0. The second kappa shape index (κ2) is 7.87. The Hall–Kier alpha value is -2.48. The van der Waals surface area contributed by atoms with E-state index < -0.39 is 0 Å². The third-order valence-electron chi connectivity index (χ3n) is 4.81. The molecule has 0 aromatic heterocycles. The lowest BCUT2D eigenvalue weighted by Gasteiger charge is -2.21. The fourth-order valence-electron chi connectivity index (χ4n) is 3.55. The van der Waals surface area contributed by atoms with E-state index in [0.29, 0.717) is 17.0 Å². The first-order chi connectivity index (χ1) is 11.8. The lowest BCUT2D eigenvalue weighted by Crippen LogP contribution is -2.06. The van der Waals surface area contributed by atoms with Gasteiger partial charge in [0, 0.05) is 11.1 Å². The molecular weight excluding hydrogens is 296 g/mol. The molecule has 3 rings (SSSR count). The Morgan fingerprint density at radius 3 is 1.75 bits per heavy atom. The minimum absolute atomic E-state index is 0.508. The maximum atomic E-state index is 11.5. The molecule has 24 heavy (non-hydrogen) atoms. The van der Waals surface area contributed by atoms with E-state index in [4.69, 9.17) is 0 Å². The molecule has 2 aromatic carbocycles. The van der Waals surface area contributed by atoms with Crippen LogP contribution in [-0.4, -0.2) is 12.6 Å². The molecule has 2 heteroatoms. The lowest BCUT2D eigenvalue weighted by atomic mass is 9.83. The van der Waals surface area contributed by atoms with Crippen molar-refractivity contribution in [2.45, 2.75) is 32.1 Å². The van der Waals surface area contributed by atoms with E-state index in [1.807, 2.05) is 48.5 Å². The normalized spacial score (nSPS) is 14.8. The average molecular weight is 318 g/mol. The van der Waals surface area contributed by atoms with Crippen molar-refractivity contribution in [3.63, 3.8) is 0 Å². The van der Waals surface area contributed by atoms with Gasteiger partial charge in [-0.15, -0.1) is 0 Å². The SMILES string of the molecule is O=Cc1ccccc1C(=CC1CCCCC1)c1ccccc1C=O. The van der Waals surface area contributed by atoms with E-state index in [9.17, 15) is 9.59 Å². The van der Waals surface area contributed by atoms with Crippen molar-refractivity contribution >= 4 is 18.1 Å². The maximum absolute atomic E-state index is 11.5. The summed E-state index contributed by atoms with van der Waals surface area (Å²) in [6.45, 7) is 0. The largest absolute Gasteiger partial charge is 0.298 e. The van der Waals surface area contributed by atoms with E-state index in [-0.39, 0.29) is 0 Å². The minimum Gasteiger partial charge on any atom is -0.298 e. The van der Waals surface area contributed by atoms with Crippen LogP contribution in [0.15, 0.2) is 54.6 Å². The summed E-state index contributed by atoms with van der Waals surface area (Å²) in [6, 6.07) is 15.2. The van der Waals surface area contributed by atoms with Crippen LogP contribution in [0.5, 0.6) is 0 Å². The molecule has 1 aliphatic carbocycles. The van der Waals surface area contributed by atoms with Crippen LogP contribution in [0.1, 0.15) is 63.9 Å². The van der Waals surface area contributed by atoms with E-state index >= 15 is 0 Å². The van der Waals surface area contributed by atoms with E-state index in [1.54, 1.807) is 0 Å². The van der Waals surface area contributed by atoms with Crippen molar-refractivity contribution in [2.75, 3.05) is 0 Å². The van der Waals surface area contributed by atoms with Gasteiger partial charge in [-0.3, -0.25) is 9.59 Å². The van der Waals surface area contributed by atoms with E-state index in [2.05, 4.69) is 6.08 Å². The quantitative estimate of drug-likeness (QED) is 0.699. The van der Waals surface area contributed by atoms with Crippen LogP contribution in [0.25, 0.3) is 5.57 Å². The van der Waals surface area contributed by atoms with Gasteiger partial charge in [0.2, 0.25) is 0 Å². The molecule has 1 saturated carbocycles. The number of allylic oxidation sites excluding steroid dienone is 1. The van der Waals surface area contributed by atoms with Crippen molar-refractivity contribution in [1.29, 1.82) is 0 Å². The van der Waals surface area contributed by atoms with Gasteiger partial charge in [-0.05, 0) is 35.5 Å². The van der Waals surface area contributed by atoms with Crippen molar-refractivity contribution < 1.29 is 9.59 Å². The Balaban J connectivity index is 2.15. The summed E-state index contributed by atoms with van der Waals surface area (Å²) in [5.74, 6) is 0.508. The molecule has 2 aromatic rings. The number of hydrogen-bond acceptors (Lipinski definition) is 2.